The minimum absolute atomic E-state index is 0.243. The molecule has 1 heterocycles. The highest BCUT2D eigenvalue weighted by atomic mass is 19.1. The van der Waals surface area contributed by atoms with Gasteiger partial charge >= 0.3 is 0 Å². The Morgan fingerprint density at radius 2 is 2.32 bits per heavy atom. The maximum Gasteiger partial charge on any atom is 0.127 e. The van der Waals surface area contributed by atoms with Gasteiger partial charge in [0.05, 0.1) is 11.6 Å². The average Bonchev–Trinajstić information content (AvgIpc) is 2.41. The minimum atomic E-state index is -0.243. The van der Waals surface area contributed by atoms with Gasteiger partial charge < -0.3 is 5.73 Å². The van der Waals surface area contributed by atoms with Crippen LogP contribution in [0.25, 0.3) is 0 Å². The largest absolute Gasteiger partial charge is 0.329 e. The van der Waals surface area contributed by atoms with Crippen molar-refractivity contribution in [1.82, 2.24) is 4.90 Å². The van der Waals surface area contributed by atoms with E-state index in [0.717, 1.165) is 13.0 Å². The molecule has 0 aliphatic carbocycles. The van der Waals surface area contributed by atoms with Crippen molar-refractivity contribution in [3.8, 4) is 6.07 Å². The zero-order valence-electron chi connectivity index (χ0n) is 11.3. The first-order valence-electron chi connectivity index (χ1n) is 6.78. The number of nitrogens with two attached hydrogens (primary N) is 1. The van der Waals surface area contributed by atoms with Crippen molar-refractivity contribution < 1.29 is 4.39 Å². The molecule has 2 atom stereocenters. The number of hydrogen-bond donors (Lipinski definition) is 1. The van der Waals surface area contributed by atoms with Crippen LogP contribution in [0.15, 0.2) is 18.2 Å². The quantitative estimate of drug-likeness (QED) is 0.908. The van der Waals surface area contributed by atoms with E-state index in [4.69, 9.17) is 11.0 Å². The topological polar surface area (TPSA) is 53.0 Å². The number of likely N-dealkylation sites (tertiary alicyclic amines) is 1. The Morgan fingerprint density at radius 1 is 1.53 bits per heavy atom. The van der Waals surface area contributed by atoms with Crippen LogP contribution in [0, 0.1) is 23.1 Å². The van der Waals surface area contributed by atoms with Crippen LogP contribution < -0.4 is 5.73 Å². The van der Waals surface area contributed by atoms with Gasteiger partial charge in [0.25, 0.3) is 0 Å². The highest BCUT2D eigenvalue weighted by Crippen LogP contribution is 2.25. The van der Waals surface area contributed by atoms with Gasteiger partial charge in [-0.1, -0.05) is 6.92 Å². The molecule has 4 heteroatoms. The molecular formula is C15H20FN3. The van der Waals surface area contributed by atoms with Crippen LogP contribution in [-0.2, 0) is 6.54 Å². The maximum absolute atomic E-state index is 13.8. The van der Waals surface area contributed by atoms with Crippen LogP contribution in [0.3, 0.4) is 0 Å². The summed E-state index contributed by atoms with van der Waals surface area (Å²) in [4.78, 5) is 2.24. The zero-order valence-corrected chi connectivity index (χ0v) is 11.3. The second-order valence-corrected chi connectivity index (χ2v) is 5.31. The average molecular weight is 261 g/mol. The van der Waals surface area contributed by atoms with Crippen molar-refractivity contribution in [3.63, 3.8) is 0 Å². The molecule has 0 spiro atoms. The fourth-order valence-corrected chi connectivity index (χ4v) is 2.90. The second kappa shape index (κ2) is 6.14. The fourth-order valence-electron chi connectivity index (χ4n) is 2.90. The Kier molecular flexibility index (Phi) is 4.52. The number of rotatable bonds is 3. The zero-order chi connectivity index (χ0) is 13.8. The third-order valence-corrected chi connectivity index (χ3v) is 4.02. The lowest BCUT2D eigenvalue weighted by atomic mass is 9.90. The fraction of sp³-hybridized carbons (Fsp3) is 0.533. The van der Waals surface area contributed by atoms with Gasteiger partial charge in [-0.15, -0.1) is 0 Å². The number of benzene rings is 1. The van der Waals surface area contributed by atoms with Crippen LogP contribution in [0.1, 0.15) is 30.9 Å². The van der Waals surface area contributed by atoms with Crippen LogP contribution in [0.5, 0.6) is 0 Å². The Morgan fingerprint density at radius 3 is 3.00 bits per heavy atom. The molecule has 0 amide bonds. The molecular weight excluding hydrogens is 241 g/mol. The monoisotopic (exact) mass is 261 g/mol. The highest BCUT2D eigenvalue weighted by molar-refractivity contribution is 5.33. The van der Waals surface area contributed by atoms with E-state index in [1.807, 2.05) is 0 Å². The van der Waals surface area contributed by atoms with E-state index in [9.17, 15) is 4.39 Å². The van der Waals surface area contributed by atoms with Gasteiger partial charge in [0.1, 0.15) is 5.82 Å². The van der Waals surface area contributed by atoms with Gasteiger partial charge in [0, 0.05) is 24.7 Å². The number of nitrogens with zero attached hydrogens (tertiary/aromatic N) is 2. The van der Waals surface area contributed by atoms with E-state index in [0.29, 0.717) is 36.2 Å². The Hall–Kier alpha value is -1.44. The molecule has 2 unspecified atom stereocenters. The summed E-state index contributed by atoms with van der Waals surface area (Å²) in [5.41, 5.74) is 6.94. The summed E-state index contributed by atoms with van der Waals surface area (Å²) in [5.74, 6) is 0.300. The molecule has 19 heavy (non-hydrogen) atoms. The standard InChI is InChI=1S/C15H20FN3/c1-11-3-2-6-19(15(11)9-18)10-13-7-12(8-17)4-5-14(13)16/h4-5,7,11,15H,2-3,6,9-10,18H2,1H3. The van der Waals surface area contributed by atoms with Gasteiger partial charge in [-0.05, 0) is 43.5 Å². The number of hydrogen-bond acceptors (Lipinski definition) is 3. The summed E-state index contributed by atoms with van der Waals surface area (Å²) in [6.45, 7) is 4.28. The SMILES string of the molecule is CC1CCCN(Cc2cc(C#N)ccc2F)C1CN. The van der Waals surface area contributed by atoms with Crippen LogP contribution in [0.4, 0.5) is 4.39 Å². The van der Waals surface area contributed by atoms with Gasteiger partial charge in [-0.3, -0.25) is 4.90 Å². The number of piperidine rings is 1. The molecule has 1 fully saturated rings. The van der Waals surface area contributed by atoms with E-state index >= 15 is 0 Å². The molecule has 3 nitrogen and oxygen atoms in total. The molecule has 1 aliphatic rings. The van der Waals surface area contributed by atoms with E-state index in [2.05, 4.69) is 17.9 Å². The molecule has 2 rings (SSSR count). The maximum atomic E-state index is 13.8. The molecule has 1 saturated heterocycles. The summed E-state index contributed by atoms with van der Waals surface area (Å²) in [6.07, 6.45) is 2.30. The normalized spacial score (nSPS) is 24.1. The molecule has 102 valence electrons. The van der Waals surface area contributed by atoms with Crippen LogP contribution >= 0.6 is 0 Å². The molecule has 1 aliphatic heterocycles. The van der Waals surface area contributed by atoms with E-state index in [-0.39, 0.29) is 5.82 Å². The minimum Gasteiger partial charge on any atom is -0.329 e. The van der Waals surface area contributed by atoms with Gasteiger partial charge in [0.2, 0.25) is 0 Å². The molecule has 0 aromatic heterocycles. The van der Waals surface area contributed by atoms with Crippen molar-refractivity contribution in [2.24, 2.45) is 11.7 Å². The van der Waals surface area contributed by atoms with Crippen molar-refractivity contribution in [3.05, 3.63) is 35.1 Å². The third-order valence-electron chi connectivity index (χ3n) is 4.02. The van der Waals surface area contributed by atoms with Gasteiger partial charge in [-0.2, -0.15) is 5.26 Å². The summed E-state index contributed by atoms with van der Waals surface area (Å²) in [6, 6.07) is 6.89. The predicted molar refractivity (Wildman–Crippen MR) is 72.8 cm³/mol. The predicted octanol–water partition coefficient (Wildman–Crippen LogP) is 2.26. The van der Waals surface area contributed by atoms with Crippen molar-refractivity contribution in [2.75, 3.05) is 13.1 Å². The Labute approximate surface area is 113 Å². The lowest BCUT2D eigenvalue weighted by molar-refractivity contribution is 0.0979. The molecule has 1 aromatic rings. The first-order chi connectivity index (χ1) is 9.15. The number of halogens is 1. The molecule has 2 N–H and O–H groups in total. The van der Waals surface area contributed by atoms with E-state index < -0.39 is 0 Å². The smallest absolute Gasteiger partial charge is 0.127 e. The highest BCUT2D eigenvalue weighted by Gasteiger charge is 2.27. The summed E-state index contributed by atoms with van der Waals surface area (Å²) in [5, 5.41) is 8.89. The molecule has 0 bridgehead atoms. The Bertz CT molecular complexity index is 481. The first kappa shape index (κ1) is 14.0. The summed E-state index contributed by atoms with van der Waals surface area (Å²) < 4.78 is 13.8. The third kappa shape index (κ3) is 3.12. The molecule has 1 aromatic carbocycles. The summed E-state index contributed by atoms with van der Waals surface area (Å²) in [7, 11) is 0. The van der Waals surface area contributed by atoms with Gasteiger partial charge in [0.15, 0.2) is 0 Å². The number of nitriles is 1. The van der Waals surface area contributed by atoms with Crippen molar-refractivity contribution in [2.45, 2.75) is 32.4 Å². The van der Waals surface area contributed by atoms with Crippen molar-refractivity contribution >= 4 is 0 Å². The Balaban J connectivity index is 2.17. The van der Waals surface area contributed by atoms with Crippen LogP contribution in [0.2, 0.25) is 0 Å². The lowest BCUT2D eigenvalue weighted by Gasteiger charge is -2.39. The van der Waals surface area contributed by atoms with E-state index in [1.165, 1.54) is 18.6 Å². The van der Waals surface area contributed by atoms with Gasteiger partial charge in [-0.25, -0.2) is 4.39 Å². The van der Waals surface area contributed by atoms with Crippen LogP contribution in [-0.4, -0.2) is 24.0 Å². The first-order valence-corrected chi connectivity index (χ1v) is 6.78. The lowest BCUT2D eigenvalue weighted by Crippen LogP contribution is -2.48. The van der Waals surface area contributed by atoms with E-state index in [1.54, 1.807) is 6.07 Å². The molecule has 0 saturated carbocycles. The second-order valence-electron chi connectivity index (χ2n) is 5.31. The molecule has 0 radical (unpaired) electrons. The summed E-state index contributed by atoms with van der Waals surface area (Å²) >= 11 is 0. The van der Waals surface area contributed by atoms with Crippen molar-refractivity contribution in [1.29, 1.82) is 5.26 Å².